The maximum Gasteiger partial charge on any atom is 0.243 e. The van der Waals surface area contributed by atoms with Crippen molar-refractivity contribution in [3.05, 3.63) is 35.9 Å². The first-order valence-corrected chi connectivity index (χ1v) is 12.5. The van der Waals surface area contributed by atoms with Gasteiger partial charge in [-0.3, -0.25) is 19.2 Å². The first kappa shape index (κ1) is 27.7. The molecule has 1 aromatic rings. The van der Waals surface area contributed by atoms with Crippen LogP contribution in [-0.4, -0.2) is 54.1 Å². The highest BCUT2D eigenvalue weighted by Gasteiger charge is 2.30. The van der Waals surface area contributed by atoms with Gasteiger partial charge in [-0.2, -0.15) is 11.8 Å². The fraction of sp³-hybridized carbons (Fsp3) is 0.583. The largest absolute Gasteiger partial charge is 0.347 e. The molecule has 3 atom stereocenters. The van der Waals surface area contributed by atoms with Gasteiger partial charge in [0.1, 0.15) is 12.1 Å². The molecule has 3 unspecified atom stereocenters. The normalized spacial score (nSPS) is 13.8. The summed E-state index contributed by atoms with van der Waals surface area (Å²) in [5.41, 5.74) is 0.948. The summed E-state index contributed by atoms with van der Waals surface area (Å²) in [5, 5.41) is 8.19. The Labute approximate surface area is 195 Å². The summed E-state index contributed by atoms with van der Waals surface area (Å²) in [4.78, 5) is 49.7. The number of thioether (sulfide) groups is 1. The summed E-state index contributed by atoms with van der Waals surface area (Å²) in [6, 6.07) is 7.33. The molecule has 1 rings (SSSR count). The molecule has 7 nitrogen and oxygen atoms in total. The molecule has 32 heavy (non-hydrogen) atoms. The van der Waals surface area contributed by atoms with E-state index >= 15 is 0 Å². The van der Waals surface area contributed by atoms with Crippen LogP contribution in [0.5, 0.6) is 0 Å². The van der Waals surface area contributed by atoms with E-state index in [2.05, 4.69) is 16.0 Å². The van der Waals surface area contributed by atoms with Crippen LogP contribution in [0.25, 0.3) is 0 Å². The molecule has 0 spiro atoms. The van der Waals surface area contributed by atoms with Crippen LogP contribution in [0.3, 0.4) is 0 Å². The van der Waals surface area contributed by atoms with Gasteiger partial charge >= 0.3 is 0 Å². The second-order valence-electron chi connectivity index (χ2n) is 8.62. The predicted octanol–water partition coefficient (Wildman–Crippen LogP) is 2.34. The fourth-order valence-corrected chi connectivity index (χ4v) is 3.80. The zero-order valence-electron chi connectivity index (χ0n) is 19.7. The minimum Gasteiger partial charge on any atom is -0.347 e. The highest BCUT2D eigenvalue weighted by Crippen LogP contribution is 2.11. The molecule has 0 radical (unpaired) electrons. The first-order chi connectivity index (χ1) is 15.2. The van der Waals surface area contributed by atoms with Crippen molar-refractivity contribution in [3.63, 3.8) is 0 Å². The average Bonchev–Trinajstić information content (AvgIpc) is 2.75. The van der Waals surface area contributed by atoms with Gasteiger partial charge in [0.15, 0.2) is 5.78 Å². The molecule has 1 aromatic carbocycles. The van der Waals surface area contributed by atoms with Crippen molar-refractivity contribution in [2.75, 3.05) is 12.0 Å². The minimum atomic E-state index is -0.800. The molecule has 0 saturated carbocycles. The number of ketones is 1. The Morgan fingerprint density at radius 3 is 2.06 bits per heavy atom. The molecular formula is C24H37N3O4S. The van der Waals surface area contributed by atoms with Gasteiger partial charge in [0.05, 0.1) is 6.04 Å². The summed E-state index contributed by atoms with van der Waals surface area (Å²) in [6.45, 7) is 7.53. The van der Waals surface area contributed by atoms with Gasteiger partial charge in [-0.05, 0) is 42.8 Å². The van der Waals surface area contributed by atoms with E-state index in [1.165, 1.54) is 0 Å². The number of benzene rings is 1. The maximum atomic E-state index is 13.2. The molecule has 0 heterocycles. The number of hydrogen-bond acceptors (Lipinski definition) is 5. The Bertz CT molecular complexity index is 740. The summed E-state index contributed by atoms with van der Waals surface area (Å²) in [7, 11) is 0. The lowest BCUT2D eigenvalue weighted by Gasteiger charge is -2.26. The molecule has 0 bridgehead atoms. The monoisotopic (exact) mass is 463 g/mol. The second kappa shape index (κ2) is 14.7. The number of nitrogens with one attached hydrogen (secondary N) is 3. The lowest BCUT2D eigenvalue weighted by Crippen LogP contribution is -2.56. The summed E-state index contributed by atoms with van der Waals surface area (Å²) in [5.74, 6) is -0.254. The molecule has 0 saturated heterocycles. The van der Waals surface area contributed by atoms with Crippen molar-refractivity contribution < 1.29 is 19.2 Å². The quantitative estimate of drug-likeness (QED) is 0.346. The third-order valence-electron chi connectivity index (χ3n) is 5.05. The summed E-state index contributed by atoms with van der Waals surface area (Å²) in [6.07, 6.45) is 3.68. The minimum absolute atomic E-state index is 0.0581. The average molecular weight is 464 g/mol. The van der Waals surface area contributed by atoms with Crippen molar-refractivity contribution in [2.45, 2.75) is 65.1 Å². The highest BCUT2D eigenvalue weighted by molar-refractivity contribution is 7.98. The van der Waals surface area contributed by atoms with E-state index in [1.807, 2.05) is 50.4 Å². The first-order valence-electron chi connectivity index (χ1n) is 11.1. The number of carbonyl (C=O) groups excluding carboxylic acids is 4. The van der Waals surface area contributed by atoms with Gasteiger partial charge in [-0.1, -0.05) is 58.0 Å². The Kier molecular flexibility index (Phi) is 12.7. The van der Waals surface area contributed by atoms with Crippen molar-refractivity contribution in [1.29, 1.82) is 0 Å². The Morgan fingerprint density at radius 1 is 0.938 bits per heavy atom. The van der Waals surface area contributed by atoms with E-state index in [-0.39, 0.29) is 17.6 Å². The van der Waals surface area contributed by atoms with E-state index in [1.54, 1.807) is 25.6 Å². The molecule has 0 aliphatic carbocycles. The molecule has 3 N–H and O–H groups in total. The third kappa shape index (κ3) is 9.85. The van der Waals surface area contributed by atoms with Gasteiger partial charge < -0.3 is 16.0 Å². The van der Waals surface area contributed by atoms with E-state index in [0.717, 1.165) is 5.56 Å². The van der Waals surface area contributed by atoms with Crippen LogP contribution in [0, 0.1) is 11.8 Å². The van der Waals surface area contributed by atoms with Crippen LogP contribution in [0.1, 0.15) is 46.1 Å². The number of carbonyl (C=O) groups is 4. The van der Waals surface area contributed by atoms with Crippen LogP contribution in [0.2, 0.25) is 0 Å². The second-order valence-corrected chi connectivity index (χ2v) is 9.60. The topological polar surface area (TPSA) is 104 Å². The zero-order valence-corrected chi connectivity index (χ0v) is 20.5. The molecule has 0 fully saturated rings. The SMILES string of the molecule is CSCCC(NC=O)C(=O)NC(CC(C)C)C(=O)NC(Cc1ccccc1)C(=O)C(C)C. The number of rotatable bonds is 15. The molecule has 3 amide bonds. The van der Waals surface area contributed by atoms with Gasteiger partial charge in [-0.25, -0.2) is 0 Å². The van der Waals surface area contributed by atoms with Crippen LogP contribution < -0.4 is 16.0 Å². The smallest absolute Gasteiger partial charge is 0.243 e. The van der Waals surface area contributed by atoms with Gasteiger partial charge in [0.2, 0.25) is 18.2 Å². The van der Waals surface area contributed by atoms with E-state index < -0.39 is 29.9 Å². The fourth-order valence-electron chi connectivity index (χ4n) is 3.33. The number of Topliss-reactive ketones (excluding diaryl/α,β-unsaturated/α-hetero) is 1. The zero-order chi connectivity index (χ0) is 24.1. The van der Waals surface area contributed by atoms with E-state index in [0.29, 0.717) is 31.4 Å². The summed E-state index contributed by atoms with van der Waals surface area (Å²) >= 11 is 1.57. The van der Waals surface area contributed by atoms with Crippen LogP contribution in [0.15, 0.2) is 30.3 Å². The van der Waals surface area contributed by atoms with Crippen LogP contribution in [0.4, 0.5) is 0 Å². The van der Waals surface area contributed by atoms with E-state index in [4.69, 9.17) is 0 Å². The van der Waals surface area contributed by atoms with Gasteiger partial charge in [0, 0.05) is 5.92 Å². The van der Waals surface area contributed by atoms with Gasteiger partial charge in [0.25, 0.3) is 0 Å². The Balaban J connectivity index is 2.99. The van der Waals surface area contributed by atoms with Crippen LogP contribution in [-0.2, 0) is 25.6 Å². The standard InChI is InChI=1S/C24H37N3O4S/c1-16(2)13-21(27-23(30)19(25-15-28)11-12-32-5)24(31)26-20(22(29)17(3)4)14-18-9-7-6-8-10-18/h6-10,15-17,19-21H,11-14H2,1-5H3,(H,25,28)(H,26,31)(H,27,30). The predicted molar refractivity (Wildman–Crippen MR) is 129 cm³/mol. The van der Waals surface area contributed by atoms with Crippen molar-refractivity contribution in [2.24, 2.45) is 11.8 Å². The maximum absolute atomic E-state index is 13.2. The third-order valence-corrected chi connectivity index (χ3v) is 5.69. The van der Waals surface area contributed by atoms with Crippen molar-refractivity contribution >= 4 is 35.8 Å². The lowest BCUT2D eigenvalue weighted by molar-refractivity contribution is -0.133. The van der Waals surface area contributed by atoms with E-state index in [9.17, 15) is 19.2 Å². The molecule has 0 aromatic heterocycles. The molecule has 0 aliphatic heterocycles. The van der Waals surface area contributed by atoms with Crippen molar-refractivity contribution in [3.8, 4) is 0 Å². The summed E-state index contributed by atoms with van der Waals surface area (Å²) < 4.78 is 0. The Hall–Kier alpha value is -2.35. The van der Waals surface area contributed by atoms with Crippen molar-refractivity contribution in [1.82, 2.24) is 16.0 Å². The highest BCUT2D eigenvalue weighted by atomic mass is 32.2. The molecule has 0 aliphatic rings. The van der Waals surface area contributed by atoms with Gasteiger partial charge in [-0.15, -0.1) is 0 Å². The molecular weight excluding hydrogens is 426 g/mol. The molecule has 178 valence electrons. The Morgan fingerprint density at radius 2 is 1.53 bits per heavy atom. The van der Waals surface area contributed by atoms with Crippen LogP contribution >= 0.6 is 11.8 Å². The number of amides is 3. The lowest BCUT2D eigenvalue weighted by atomic mass is 9.94. The molecule has 8 heteroatoms. The number of hydrogen-bond donors (Lipinski definition) is 3.